The van der Waals surface area contributed by atoms with Gasteiger partial charge in [0.2, 0.25) is 17.7 Å². The summed E-state index contributed by atoms with van der Waals surface area (Å²) < 4.78 is 12.6. The van der Waals surface area contributed by atoms with E-state index in [1.807, 2.05) is 24.3 Å². The lowest BCUT2D eigenvalue weighted by molar-refractivity contribution is -0.114. The Hall–Kier alpha value is -3.81. The van der Waals surface area contributed by atoms with Crippen LogP contribution < -0.4 is 5.32 Å². The second kappa shape index (κ2) is 10.1. The highest BCUT2D eigenvalue weighted by atomic mass is 16.5. The predicted molar refractivity (Wildman–Crippen MR) is 151 cm³/mol. The quantitative estimate of drug-likeness (QED) is 0.411. The second-order valence-electron chi connectivity index (χ2n) is 11.2. The second-order valence-corrected chi connectivity index (χ2v) is 11.2. The Labute approximate surface area is 229 Å². The number of nitrogens with one attached hydrogen (secondary N) is 1. The lowest BCUT2D eigenvalue weighted by Crippen LogP contribution is -2.53. The molecule has 0 unspecified atom stereocenters. The summed E-state index contributed by atoms with van der Waals surface area (Å²) in [4.78, 5) is 13.9. The number of amides is 1. The Morgan fingerprint density at radius 3 is 2.54 bits per heavy atom. The summed E-state index contributed by atoms with van der Waals surface area (Å²) in [5.74, 6) is 0.864. The summed E-state index contributed by atoms with van der Waals surface area (Å²) in [6.45, 7) is 7.44. The first-order valence-electron chi connectivity index (χ1n) is 13.6. The fraction of sp³-hybridized carbons (Fsp3) is 0.344. The number of allylic oxidation sites excluding steroid dienone is 5. The third-order valence-electron chi connectivity index (χ3n) is 8.05. The Balaban J connectivity index is 1.25. The molecule has 39 heavy (non-hydrogen) atoms. The number of carbonyl (C=O) groups is 1. The van der Waals surface area contributed by atoms with Crippen molar-refractivity contribution in [2.75, 3.05) is 11.9 Å². The van der Waals surface area contributed by atoms with Gasteiger partial charge in [-0.15, -0.1) is 10.2 Å². The van der Waals surface area contributed by atoms with Crippen LogP contribution in [-0.4, -0.2) is 38.9 Å². The molecule has 1 aromatic heterocycles. The maximum Gasteiger partial charge on any atom is 0.248 e. The van der Waals surface area contributed by atoms with E-state index in [0.717, 1.165) is 55.7 Å². The number of hydrogen-bond acceptors (Lipinski definition) is 6. The van der Waals surface area contributed by atoms with E-state index < -0.39 is 0 Å². The highest BCUT2D eigenvalue weighted by molar-refractivity contribution is 5.88. The number of benzene rings is 2. The first kappa shape index (κ1) is 25.5. The van der Waals surface area contributed by atoms with Crippen LogP contribution in [0, 0.1) is 0 Å². The molecular formula is C32H34N4O3. The van der Waals surface area contributed by atoms with Gasteiger partial charge in [-0.3, -0.25) is 9.69 Å². The van der Waals surface area contributed by atoms with Crippen LogP contribution in [0.3, 0.4) is 0 Å². The molecule has 0 bridgehead atoms. The molecule has 7 nitrogen and oxygen atoms in total. The van der Waals surface area contributed by atoms with Gasteiger partial charge in [-0.1, -0.05) is 42.5 Å². The summed E-state index contributed by atoms with van der Waals surface area (Å²) in [5.41, 5.74) is 6.12. The van der Waals surface area contributed by atoms with Crippen molar-refractivity contribution in [3.63, 3.8) is 0 Å². The van der Waals surface area contributed by atoms with Gasteiger partial charge in [0, 0.05) is 30.3 Å². The molecule has 1 spiro atoms. The first-order chi connectivity index (χ1) is 18.8. The van der Waals surface area contributed by atoms with Crippen LogP contribution in [0.25, 0.3) is 17.0 Å². The summed E-state index contributed by atoms with van der Waals surface area (Å²) in [6.07, 6.45) is 10.6. The highest BCUT2D eigenvalue weighted by Gasteiger charge is 2.52. The van der Waals surface area contributed by atoms with Gasteiger partial charge in [-0.05, 0) is 86.6 Å². The minimum absolute atomic E-state index is 0.0619. The van der Waals surface area contributed by atoms with Gasteiger partial charge in [0.25, 0.3) is 0 Å². The number of carbonyl (C=O) groups excluding carboxylic acids is 1. The molecule has 0 radical (unpaired) electrons. The van der Waals surface area contributed by atoms with Gasteiger partial charge in [0.1, 0.15) is 5.72 Å². The number of rotatable bonds is 5. The van der Waals surface area contributed by atoms with Crippen LogP contribution in [0.1, 0.15) is 57.9 Å². The largest absolute Gasteiger partial charge is 0.416 e. The molecule has 2 aliphatic carbocycles. The molecular weight excluding hydrogens is 488 g/mol. The SMILES string of the molecule is CC(=O)Nc1ccc(-c2nnc(C3=CCC=C4CC[C@@]5(COC(C)(C)N5Cc5ccccc5)CC4=C3)o2)cc1. The molecule has 1 aliphatic heterocycles. The molecule has 1 N–H and O–H groups in total. The van der Waals surface area contributed by atoms with Crippen LogP contribution in [0.4, 0.5) is 5.69 Å². The molecule has 2 aromatic carbocycles. The number of hydrogen-bond donors (Lipinski definition) is 1. The van der Waals surface area contributed by atoms with E-state index in [1.54, 1.807) is 0 Å². The monoisotopic (exact) mass is 522 g/mol. The lowest BCUT2D eigenvalue weighted by atomic mass is 9.75. The van der Waals surface area contributed by atoms with E-state index in [2.05, 4.69) is 82.8 Å². The van der Waals surface area contributed by atoms with Gasteiger partial charge < -0.3 is 14.5 Å². The van der Waals surface area contributed by atoms with Crippen molar-refractivity contribution < 1.29 is 13.9 Å². The zero-order valence-electron chi connectivity index (χ0n) is 22.7. The Morgan fingerprint density at radius 2 is 1.77 bits per heavy atom. The fourth-order valence-corrected chi connectivity index (χ4v) is 6.06. The summed E-state index contributed by atoms with van der Waals surface area (Å²) >= 11 is 0. The molecule has 1 amide bonds. The van der Waals surface area contributed by atoms with Crippen molar-refractivity contribution in [1.82, 2.24) is 15.1 Å². The molecule has 1 saturated carbocycles. The zero-order valence-corrected chi connectivity index (χ0v) is 22.7. The van der Waals surface area contributed by atoms with E-state index in [1.165, 1.54) is 23.6 Å². The summed E-state index contributed by atoms with van der Waals surface area (Å²) in [6, 6.07) is 18.1. The van der Waals surface area contributed by atoms with Gasteiger partial charge in [-0.25, -0.2) is 0 Å². The smallest absolute Gasteiger partial charge is 0.248 e. The average molecular weight is 523 g/mol. The van der Waals surface area contributed by atoms with Crippen LogP contribution in [0.5, 0.6) is 0 Å². The van der Waals surface area contributed by atoms with E-state index in [9.17, 15) is 4.79 Å². The minimum Gasteiger partial charge on any atom is -0.416 e. The van der Waals surface area contributed by atoms with Gasteiger partial charge in [0.15, 0.2) is 0 Å². The standard InChI is InChI=1S/C32H34N4O3/c1-22(37)33-28-14-12-25(13-15-28)29-34-35-30(39-29)26-11-7-10-24-16-17-32(19-27(24)18-26)21-38-31(2,3)36(32)20-23-8-5-4-6-9-23/h4-6,8-15,18H,7,16-17,19-21H2,1-3H3,(H,33,37)/t32-/m0/s1. The highest BCUT2D eigenvalue weighted by Crippen LogP contribution is 2.49. The van der Waals surface area contributed by atoms with Crippen molar-refractivity contribution >= 4 is 17.2 Å². The summed E-state index contributed by atoms with van der Waals surface area (Å²) in [5, 5.41) is 11.5. The van der Waals surface area contributed by atoms with Crippen molar-refractivity contribution in [3.05, 3.63) is 95.4 Å². The third-order valence-corrected chi connectivity index (χ3v) is 8.05. The molecule has 3 aromatic rings. The van der Waals surface area contributed by atoms with Crippen molar-refractivity contribution in [2.45, 2.75) is 64.3 Å². The van der Waals surface area contributed by atoms with Crippen molar-refractivity contribution in [1.29, 1.82) is 0 Å². The van der Waals surface area contributed by atoms with Crippen LogP contribution in [-0.2, 0) is 16.1 Å². The van der Waals surface area contributed by atoms with Crippen molar-refractivity contribution in [2.24, 2.45) is 0 Å². The number of aromatic nitrogens is 2. The molecule has 200 valence electrons. The predicted octanol–water partition coefficient (Wildman–Crippen LogP) is 6.53. The molecule has 3 aliphatic rings. The Bertz CT molecular complexity index is 1470. The lowest BCUT2D eigenvalue weighted by Gasteiger charge is -2.45. The van der Waals surface area contributed by atoms with E-state index in [4.69, 9.17) is 9.15 Å². The average Bonchev–Trinajstić information content (AvgIpc) is 3.42. The maximum absolute atomic E-state index is 11.3. The van der Waals surface area contributed by atoms with Gasteiger partial charge in [0.05, 0.1) is 12.1 Å². The van der Waals surface area contributed by atoms with Crippen molar-refractivity contribution in [3.8, 4) is 11.5 Å². The van der Waals surface area contributed by atoms with Crippen LogP contribution >= 0.6 is 0 Å². The molecule has 2 fully saturated rings. The summed E-state index contributed by atoms with van der Waals surface area (Å²) in [7, 11) is 0. The molecule has 6 rings (SSSR count). The van der Waals surface area contributed by atoms with Gasteiger partial charge >= 0.3 is 0 Å². The molecule has 1 atom stereocenters. The van der Waals surface area contributed by atoms with Crippen LogP contribution in [0.15, 0.2) is 88.4 Å². The van der Waals surface area contributed by atoms with E-state index in [0.29, 0.717) is 11.8 Å². The molecule has 2 heterocycles. The fourth-order valence-electron chi connectivity index (χ4n) is 6.06. The zero-order chi connectivity index (χ0) is 27.0. The topological polar surface area (TPSA) is 80.5 Å². The van der Waals surface area contributed by atoms with Gasteiger partial charge in [-0.2, -0.15) is 0 Å². The number of ether oxygens (including phenoxy) is 1. The van der Waals surface area contributed by atoms with E-state index in [-0.39, 0.29) is 17.2 Å². The molecule has 1 saturated heterocycles. The Morgan fingerprint density at radius 1 is 1.00 bits per heavy atom. The minimum atomic E-state index is -0.335. The Kier molecular flexibility index (Phi) is 6.57. The molecule has 7 heteroatoms. The number of nitrogens with zero attached hydrogens (tertiary/aromatic N) is 3. The van der Waals surface area contributed by atoms with E-state index >= 15 is 0 Å². The number of anilines is 1. The third kappa shape index (κ3) is 5.12. The van der Waals surface area contributed by atoms with Crippen LogP contribution in [0.2, 0.25) is 0 Å². The number of fused-ring (bicyclic) bond motifs is 1. The normalized spacial score (nSPS) is 22.5. The first-order valence-corrected chi connectivity index (χ1v) is 13.6. The maximum atomic E-state index is 11.3.